The van der Waals surface area contributed by atoms with Crippen LogP contribution in [0.25, 0.3) is 10.8 Å². The average Bonchev–Trinajstić information content (AvgIpc) is 2.61. The minimum Gasteiger partial charge on any atom is -0.465 e. The van der Waals surface area contributed by atoms with Crippen LogP contribution in [0.3, 0.4) is 0 Å². The number of pyridine rings is 1. The van der Waals surface area contributed by atoms with E-state index in [9.17, 15) is 20.0 Å². The summed E-state index contributed by atoms with van der Waals surface area (Å²) in [4.78, 5) is 28.1. The molecule has 2 N–H and O–H groups in total. The van der Waals surface area contributed by atoms with Gasteiger partial charge in [0.2, 0.25) is 0 Å². The highest BCUT2D eigenvalue weighted by Gasteiger charge is 2.27. The first-order chi connectivity index (χ1) is 13.2. The van der Waals surface area contributed by atoms with Crippen molar-refractivity contribution >= 4 is 39.6 Å². The van der Waals surface area contributed by atoms with E-state index in [1.807, 2.05) is 0 Å². The van der Waals surface area contributed by atoms with Crippen LogP contribution in [-0.4, -0.2) is 26.6 Å². The number of carboxylic acid groups (broad SMARTS) is 1. The van der Waals surface area contributed by atoms with E-state index in [1.54, 1.807) is 69.4 Å². The molecule has 3 rings (SSSR count). The molecule has 8 nitrogen and oxygen atoms in total. The standard InChI is InChI=1S/C20H20N4O4/c1-20(2,3)23(19(25)26)15-7-5-14(6-8-15)22-17-9-4-13-12-21-11-10-16(13)18(17)24(27)28/h4-12,22H,1-3H3,(H,25,26). The van der Waals surface area contributed by atoms with Gasteiger partial charge in [-0.15, -0.1) is 0 Å². The molecule has 0 atom stereocenters. The Morgan fingerprint density at radius 2 is 1.82 bits per heavy atom. The van der Waals surface area contributed by atoms with Crippen LogP contribution in [0, 0.1) is 10.1 Å². The number of nitrogens with one attached hydrogen (secondary N) is 1. The average molecular weight is 380 g/mol. The zero-order chi connectivity index (χ0) is 20.5. The zero-order valence-corrected chi connectivity index (χ0v) is 15.7. The SMILES string of the molecule is CC(C)(C)N(C(=O)O)c1ccc(Nc2ccc3cnccc3c2[N+](=O)[O-])cc1. The number of aromatic nitrogens is 1. The maximum absolute atomic E-state index is 11.6. The van der Waals surface area contributed by atoms with Crippen molar-refractivity contribution in [1.82, 2.24) is 4.98 Å². The first-order valence-electron chi connectivity index (χ1n) is 8.60. The summed E-state index contributed by atoms with van der Waals surface area (Å²) in [5, 5.41) is 25.3. The number of hydrogen-bond acceptors (Lipinski definition) is 5. The van der Waals surface area contributed by atoms with E-state index in [4.69, 9.17) is 0 Å². The number of anilines is 3. The molecule has 0 radical (unpaired) electrons. The number of benzene rings is 2. The Labute approximate surface area is 161 Å². The number of nitro benzene ring substituents is 1. The van der Waals surface area contributed by atoms with Gasteiger partial charge in [-0.3, -0.25) is 20.0 Å². The van der Waals surface area contributed by atoms with Crippen molar-refractivity contribution in [2.24, 2.45) is 0 Å². The van der Waals surface area contributed by atoms with E-state index >= 15 is 0 Å². The summed E-state index contributed by atoms with van der Waals surface area (Å²) < 4.78 is 0. The summed E-state index contributed by atoms with van der Waals surface area (Å²) in [5.41, 5.74) is 0.837. The molecule has 0 aliphatic carbocycles. The molecule has 0 spiro atoms. The quantitative estimate of drug-likeness (QED) is 0.477. The van der Waals surface area contributed by atoms with Crippen LogP contribution in [0.5, 0.6) is 0 Å². The van der Waals surface area contributed by atoms with Crippen LogP contribution >= 0.6 is 0 Å². The normalized spacial score (nSPS) is 11.2. The molecule has 0 saturated carbocycles. The van der Waals surface area contributed by atoms with Gasteiger partial charge in [0.1, 0.15) is 5.69 Å². The number of amides is 1. The maximum atomic E-state index is 11.6. The molecule has 144 valence electrons. The summed E-state index contributed by atoms with van der Waals surface area (Å²) in [7, 11) is 0. The Morgan fingerprint density at radius 1 is 1.14 bits per heavy atom. The molecule has 28 heavy (non-hydrogen) atoms. The van der Waals surface area contributed by atoms with E-state index in [2.05, 4.69) is 10.3 Å². The molecule has 0 unspecified atom stereocenters. The number of fused-ring (bicyclic) bond motifs is 1. The molecule has 0 saturated heterocycles. The molecule has 0 bridgehead atoms. The molecular formula is C20H20N4O4. The summed E-state index contributed by atoms with van der Waals surface area (Å²) in [5.74, 6) is 0. The Bertz CT molecular complexity index is 1040. The minimum absolute atomic E-state index is 0.0363. The highest BCUT2D eigenvalue weighted by molar-refractivity contribution is 5.97. The Morgan fingerprint density at radius 3 is 2.39 bits per heavy atom. The highest BCUT2D eigenvalue weighted by atomic mass is 16.6. The third-order valence-corrected chi connectivity index (χ3v) is 4.24. The number of hydrogen-bond donors (Lipinski definition) is 2. The molecule has 2 aromatic carbocycles. The molecule has 1 heterocycles. The van der Waals surface area contributed by atoms with E-state index in [-0.39, 0.29) is 5.69 Å². The predicted molar refractivity (Wildman–Crippen MR) is 108 cm³/mol. The minimum atomic E-state index is -1.05. The Kier molecular flexibility index (Phi) is 4.87. The number of rotatable bonds is 4. The van der Waals surface area contributed by atoms with E-state index in [1.165, 1.54) is 11.1 Å². The summed E-state index contributed by atoms with van der Waals surface area (Å²) in [6.45, 7) is 5.42. The van der Waals surface area contributed by atoms with Crippen molar-refractivity contribution in [3.8, 4) is 0 Å². The predicted octanol–water partition coefficient (Wildman–Crippen LogP) is 5.17. The topological polar surface area (TPSA) is 109 Å². The highest BCUT2D eigenvalue weighted by Crippen LogP contribution is 2.35. The van der Waals surface area contributed by atoms with Crippen molar-refractivity contribution in [3.05, 3.63) is 65.0 Å². The first-order valence-corrected chi connectivity index (χ1v) is 8.60. The maximum Gasteiger partial charge on any atom is 0.412 e. The third-order valence-electron chi connectivity index (χ3n) is 4.24. The van der Waals surface area contributed by atoms with Crippen LogP contribution in [0.1, 0.15) is 20.8 Å². The molecule has 3 aromatic rings. The van der Waals surface area contributed by atoms with Gasteiger partial charge >= 0.3 is 11.8 Å². The fourth-order valence-electron chi connectivity index (χ4n) is 3.08. The monoisotopic (exact) mass is 380 g/mol. The van der Waals surface area contributed by atoms with Crippen LogP contribution in [-0.2, 0) is 0 Å². The van der Waals surface area contributed by atoms with Crippen molar-refractivity contribution < 1.29 is 14.8 Å². The van der Waals surface area contributed by atoms with Gasteiger partial charge in [-0.25, -0.2) is 4.79 Å². The van der Waals surface area contributed by atoms with Gasteiger partial charge in [-0.2, -0.15) is 0 Å². The van der Waals surface area contributed by atoms with Gasteiger partial charge in [0.05, 0.1) is 10.3 Å². The van der Waals surface area contributed by atoms with Crippen molar-refractivity contribution in [1.29, 1.82) is 0 Å². The lowest BCUT2D eigenvalue weighted by molar-refractivity contribution is -0.382. The molecular weight excluding hydrogens is 360 g/mol. The van der Waals surface area contributed by atoms with Crippen molar-refractivity contribution in [3.63, 3.8) is 0 Å². The zero-order valence-electron chi connectivity index (χ0n) is 15.7. The Balaban J connectivity index is 1.96. The number of nitro groups is 1. The van der Waals surface area contributed by atoms with Gasteiger partial charge in [0.15, 0.2) is 0 Å². The van der Waals surface area contributed by atoms with Gasteiger partial charge in [0, 0.05) is 34.7 Å². The summed E-state index contributed by atoms with van der Waals surface area (Å²) >= 11 is 0. The Hall–Kier alpha value is -3.68. The fraction of sp³-hybridized carbons (Fsp3) is 0.200. The second-order valence-corrected chi connectivity index (χ2v) is 7.28. The van der Waals surface area contributed by atoms with E-state index < -0.39 is 16.6 Å². The van der Waals surface area contributed by atoms with E-state index in [0.717, 1.165) is 0 Å². The van der Waals surface area contributed by atoms with Crippen LogP contribution in [0.15, 0.2) is 54.9 Å². The van der Waals surface area contributed by atoms with E-state index in [0.29, 0.717) is 27.8 Å². The first kappa shape index (κ1) is 19.1. The smallest absolute Gasteiger partial charge is 0.412 e. The molecule has 0 aliphatic rings. The van der Waals surface area contributed by atoms with Gasteiger partial charge in [-0.1, -0.05) is 6.07 Å². The summed E-state index contributed by atoms with van der Waals surface area (Å²) in [6, 6.07) is 11.7. The molecule has 1 aromatic heterocycles. The van der Waals surface area contributed by atoms with Crippen LogP contribution < -0.4 is 10.2 Å². The van der Waals surface area contributed by atoms with Crippen LogP contribution in [0.4, 0.5) is 27.5 Å². The van der Waals surface area contributed by atoms with Gasteiger partial charge < -0.3 is 10.4 Å². The number of carbonyl (C=O) groups is 1. The third kappa shape index (κ3) is 3.71. The fourth-order valence-corrected chi connectivity index (χ4v) is 3.08. The largest absolute Gasteiger partial charge is 0.465 e. The second-order valence-electron chi connectivity index (χ2n) is 7.28. The second kappa shape index (κ2) is 7.15. The van der Waals surface area contributed by atoms with Gasteiger partial charge in [0.25, 0.3) is 0 Å². The summed E-state index contributed by atoms with van der Waals surface area (Å²) in [6.07, 6.45) is 2.04. The van der Waals surface area contributed by atoms with Crippen molar-refractivity contribution in [2.45, 2.75) is 26.3 Å². The van der Waals surface area contributed by atoms with Gasteiger partial charge in [-0.05, 0) is 57.2 Å². The molecule has 1 amide bonds. The van der Waals surface area contributed by atoms with Crippen molar-refractivity contribution in [2.75, 3.05) is 10.2 Å². The lowest BCUT2D eigenvalue weighted by Gasteiger charge is -2.33. The molecule has 0 aliphatic heterocycles. The lowest BCUT2D eigenvalue weighted by Crippen LogP contribution is -2.45. The molecule has 0 fully saturated rings. The number of nitrogens with zero attached hydrogens (tertiary/aromatic N) is 3. The molecule has 8 heteroatoms. The van der Waals surface area contributed by atoms with Crippen LogP contribution in [0.2, 0.25) is 0 Å². The lowest BCUT2D eigenvalue weighted by atomic mass is 10.1.